The molecule has 0 fully saturated rings. The Kier molecular flexibility index (Phi) is 5.35. The number of aliphatic imine (C=N–C) groups is 1. The number of aromatic nitrogens is 2. The third-order valence-corrected chi connectivity index (χ3v) is 2.18. The van der Waals surface area contributed by atoms with Gasteiger partial charge in [0.2, 0.25) is 11.7 Å². The van der Waals surface area contributed by atoms with E-state index in [0.29, 0.717) is 16.7 Å². The van der Waals surface area contributed by atoms with E-state index in [1.165, 1.54) is 0 Å². The van der Waals surface area contributed by atoms with Gasteiger partial charge in [-0.25, -0.2) is 4.99 Å². The van der Waals surface area contributed by atoms with Crippen LogP contribution in [0.2, 0.25) is 5.02 Å². The highest BCUT2D eigenvalue weighted by Crippen LogP contribution is 2.19. The Hall–Kier alpha value is -1.35. The summed E-state index contributed by atoms with van der Waals surface area (Å²) in [7, 11) is 0. The van der Waals surface area contributed by atoms with Crippen molar-refractivity contribution < 1.29 is 4.52 Å². The molecule has 1 aromatic heterocycles. The lowest BCUT2D eigenvalue weighted by atomic mass is 10.2. The second kappa shape index (κ2) is 6.55. The van der Waals surface area contributed by atoms with E-state index in [2.05, 4.69) is 15.1 Å². The third-order valence-electron chi connectivity index (χ3n) is 1.95. The van der Waals surface area contributed by atoms with Gasteiger partial charge >= 0.3 is 0 Å². The van der Waals surface area contributed by atoms with Crippen LogP contribution in [-0.2, 0) is 6.54 Å². The highest BCUT2D eigenvalue weighted by atomic mass is 127. The van der Waals surface area contributed by atoms with E-state index in [0.717, 1.165) is 5.56 Å². The molecule has 0 radical (unpaired) electrons. The van der Waals surface area contributed by atoms with E-state index >= 15 is 0 Å². The number of guanidine groups is 1. The lowest BCUT2D eigenvalue weighted by Gasteiger charge is -1.93. The largest absolute Gasteiger partial charge is 0.370 e. The molecule has 1 heterocycles. The van der Waals surface area contributed by atoms with Crippen molar-refractivity contribution in [2.24, 2.45) is 16.5 Å². The van der Waals surface area contributed by atoms with Crippen molar-refractivity contribution in [2.45, 2.75) is 6.54 Å². The quantitative estimate of drug-likeness (QED) is 0.481. The molecule has 1 aromatic carbocycles. The summed E-state index contributed by atoms with van der Waals surface area (Å²) < 4.78 is 4.99. The minimum absolute atomic E-state index is 0. The van der Waals surface area contributed by atoms with Gasteiger partial charge in [-0.1, -0.05) is 28.9 Å². The lowest BCUT2D eigenvalue weighted by molar-refractivity contribution is 0.381. The lowest BCUT2D eigenvalue weighted by Crippen LogP contribution is -2.22. The summed E-state index contributed by atoms with van der Waals surface area (Å²) in [5.74, 6) is 0.772. The van der Waals surface area contributed by atoms with Gasteiger partial charge in [0.15, 0.2) is 5.96 Å². The van der Waals surface area contributed by atoms with Gasteiger partial charge in [0.1, 0.15) is 6.54 Å². The molecule has 96 valence electrons. The SMILES string of the molecule is I.NC(N)=NCc1nc(-c2cccc(Cl)c2)no1. The predicted octanol–water partition coefficient (Wildman–Crippen LogP) is 1.78. The van der Waals surface area contributed by atoms with Crippen molar-refractivity contribution in [3.8, 4) is 11.4 Å². The van der Waals surface area contributed by atoms with Crippen molar-refractivity contribution >= 4 is 41.5 Å². The van der Waals surface area contributed by atoms with Crippen LogP contribution < -0.4 is 11.5 Å². The molecule has 4 N–H and O–H groups in total. The topological polar surface area (TPSA) is 103 Å². The Balaban J connectivity index is 0.00000162. The minimum Gasteiger partial charge on any atom is -0.370 e. The van der Waals surface area contributed by atoms with Gasteiger partial charge in [-0.15, -0.1) is 24.0 Å². The van der Waals surface area contributed by atoms with E-state index in [1.807, 2.05) is 12.1 Å². The molecular weight excluding hydrogens is 369 g/mol. The molecule has 0 unspecified atom stereocenters. The zero-order chi connectivity index (χ0) is 12.3. The molecule has 0 aliphatic heterocycles. The smallest absolute Gasteiger partial charge is 0.248 e. The molecule has 0 saturated heterocycles. The number of benzene rings is 1. The maximum absolute atomic E-state index is 5.86. The van der Waals surface area contributed by atoms with Crippen LogP contribution in [0.3, 0.4) is 0 Å². The average molecular weight is 380 g/mol. The molecule has 6 nitrogen and oxygen atoms in total. The molecule has 2 rings (SSSR count). The monoisotopic (exact) mass is 379 g/mol. The molecule has 18 heavy (non-hydrogen) atoms. The van der Waals surface area contributed by atoms with Crippen LogP contribution in [0.1, 0.15) is 5.89 Å². The molecular formula is C10H11ClIN5O. The van der Waals surface area contributed by atoms with Gasteiger partial charge in [-0.3, -0.25) is 0 Å². The fourth-order valence-corrected chi connectivity index (χ4v) is 1.41. The Morgan fingerprint density at radius 3 is 2.83 bits per heavy atom. The molecule has 0 atom stereocenters. The summed E-state index contributed by atoms with van der Waals surface area (Å²) >= 11 is 5.86. The van der Waals surface area contributed by atoms with Gasteiger partial charge in [0.25, 0.3) is 0 Å². The van der Waals surface area contributed by atoms with E-state index in [-0.39, 0.29) is 36.5 Å². The molecule has 0 spiro atoms. The Morgan fingerprint density at radius 1 is 1.39 bits per heavy atom. The molecule has 0 aliphatic rings. The minimum atomic E-state index is -0.0208. The second-order valence-electron chi connectivity index (χ2n) is 3.26. The number of nitrogens with zero attached hydrogens (tertiary/aromatic N) is 3. The summed E-state index contributed by atoms with van der Waals surface area (Å²) in [5.41, 5.74) is 11.2. The standard InChI is InChI=1S/C10H10ClN5O.HI/c11-7-3-1-2-6(4-7)9-15-8(17-16-9)5-14-10(12)13;/h1-4H,5H2,(H4,12,13,14);1H. The van der Waals surface area contributed by atoms with Gasteiger partial charge in [-0.2, -0.15) is 4.98 Å². The first-order chi connectivity index (χ1) is 8.15. The molecule has 0 amide bonds. The first kappa shape index (κ1) is 14.7. The first-order valence-corrected chi connectivity index (χ1v) is 5.17. The van der Waals surface area contributed by atoms with Crippen LogP contribution in [0.5, 0.6) is 0 Å². The Bertz CT molecular complexity index is 553. The van der Waals surface area contributed by atoms with Crippen molar-refractivity contribution in [1.29, 1.82) is 0 Å². The highest BCUT2D eigenvalue weighted by molar-refractivity contribution is 14.0. The number of hydrogen-bond acceptors (Lipinski definition) is 4. The van der Waals surface area contributed by atoms with Gasteiger partial charge in [0.05, 0.1) is 0 Å². The summed E-state index contributed by atoms with van der Waals surface area (Å²) in [6.07, 6.45) is 0. The van der Waals surface area contributed by atoms with Crippen molar-refractivity contribution in [2.75, 3.05) is 0 Å². The summed E-state index contributed by atoms with van der Waals surface area (Å²) in [4.78, 5) is 7.91. The van der Waals surface area contributed by atoms with Crippen LogP contribution in [0, 0.1) is 0 Å². The highest BCUT2D eigenvalue weighted by Gasteiger charge is 2.08. The van der Waals surface area contributed by atoms with Crippen LogP contribution in [0.15, 0.2) is 33.8 Å². The number of hydrogen-bond donors (Lipinski definition) is 2. The Labute approximate surface area is 125 Å². The zero-order valence-corrected chi connectivity index (χ0v) is 12.3. The van der Waals surface area contributed by atoms with E-state index in [1.54, 1.807) is 12.1 Å². The predicted molar refractivity (Wildman–Crippen MR) is 79.7 cm³/mol. The van der Waals surface area contributed by atoms with Crippen LogP contribution in [0.4, 0.5) is 0 Å². The molecule has 0 aliphatic carbocycles. The van der Waals surface area contributed by atoms with Crippen molar-refractivity contribution in [3.05, 3.63) is 35.2 Å². The Morgan fingerprint density at radius 2 is 2.17 bits per heavy atom. The molecule has 8 heteroatoms. The fraction of sp³-hybridized carbons (Fsp3) is 0.100. The van der Waals surface area contributed by atoms with Crippen molar-refractivity contribution in [1.82, 2.24) is 10.1 Å². The number of halogens is 2. The third kappa shape index (κ3) is 3.84. The van der Waals surface area contributed by atoms with E-state index in [4.69, 9.17) is 27.6 Å². The van der Waals surface area contributed by atoms with Gasteiger partial charge in [0, 0.05) is 10.6 Å². The summed E-state index contributed by atoms with van der Waals surface area (Å²) in [6, 6.07) is 7.16. The van der Waals surface area contributed by atoms with Gasteiger partial charge < -0.3 is 16.0 Å². The molecule has 2 aromatic rings. The summed E-state index contributed by atoms with van der Waals surface area (Å²) in [5, 5.41) is 4.42. The van der Waals surface area contributed by atoms with Crippen LogP contribution >= 0.6 is 35.6 Å². The second-order valence-corrected chi connectivity index (χ2v) is 3.70. The van der Waals surface area contributed by atoms with E-state index < -0.39 is 0 Å². The van der Waals surface area contributed by atoms with Crippen LogP contribution in [-0.4, -0.2) is 16.1 Å². The maximum Gasteiger partial charge on any atom is 0.248 e. The molecule has 0 saturated carbocycles. The maximum atomic E-state index is 5.86. The average Bonchev–Trinajstić information content (AvgIpc) is 2.75. The number of rotatable bonds is 3. The van der Waals surface area contributed by atoms with Crippen molar-refractivity contribution in [3.63, 3.8) is 0 Å². The normalized spacial score (nSPS) is 9.61. The first-order valence-electron chi connectivity index (χ1n) is 4.79. The summed E-state index contributed by atoms with van der Waals surface area (Å²) in [6.45, 7) is 0.163. The molecule has 0 bridgehead atoms. The number of nitrogens with two attached hydrogens (primary N) is 2. The van der Waals surface area contributed by atoms with Crippen LogP contribution in [0.25, 0.3) is 11.4 Å². The fourth-order valence-electron chi connectivity index (χ4n) is 1.22. The zero-order valence-electron chi connectivity index (χ0n) is 9.21. The van der Waals surface area contributed by atoms with E-state index in [9.17, 15) is 0 Å². The van der Waals surface area contributed by atoms with Gasteiger partial charge in [-0.05, 0) is 12.1 Å².